The minimum atomic E-state index is 0.199. The van der Waals surface area contributed by atoms with E-state index in [0.29, 0.717) is 12.5 Å². The summed E-state index contributed by atoms with van der Waals surface area (Å²) in [7, 11) is 0. The van der Waals surface area contributed by atoms with Crippen LogP contribution in [0.25, 0.3) is 0 Å². The number of hydrogen-bond acceptors (Lipinski definition) is 1. The van der Waals surface area contributed by atoms with Gasteiger partial charge in [-0.05, 0) is 56.1 Å². The molecule has 3 rings (SSSR count). The summed E-state index contributed by atoms with van der Waals surface area (Å²) in [4.78, 5) is 12.2. The SMILES string of the molecule is Cc1ccc(CC(=O)NC2CC3CCC2C3)c(C)c1. The molecule has 2 fully saturated rings. The lowest BCUT2D eigenvalue weighted by Crippen LogP contribution is -2.39. The first-order chi connectivity index (χ1) is 9.11. The molecule has 0 aliphatic heterocycles. The average molecular weight is 257 g/mol. The van der Waals surface area contributed by atoms with Crippen molar-refractivity contribution in [2.45, 2.75) is 52.0 Å². The fourth-order valence-corrected chi connectivity index (χ4v) is 3.90. The van der Waals surface area contributed by atoms with E-state index < -0.39 is 0 Å². The van der Waals surface area contributed by atoms with Crippen LogP contribution in [0.4, 0.5) is 0 Å². The van der Waals surface area contributed by atoms with E-state index in [1.165, 1.54) is 36.8 Å². The molecular formula is C17H23NO. The van der Waals surface area contributed by atoms with Crippen molar-refractivity contribution >= 4 is 5.91 Å². The van der Waals surface area contributed by atoms with E-state index in [9.17, 15) is 4.79 Å². The normalized spacial score (nSPS) is 28.6. The summed E-state index contributed by atoms with van der Waals surface area (Å²) in [5.41, 5.74) is 3.64. The van der Waals surface area contributed by atoms with Crippen LogP contribution in [0.15, 0.2) is 18.2 Å². The van der Waals surface area contributed by atoms with Gasteiger partial charge in [-0.15, -0.1) is 0 Å². The van der Waals surface area contributed by atoms with Crippen LogP contribution in [-0.2, 0) is 11.2 Å². The van der Waals surface area contributed by atoms with E-state index in [-0.39, 0.29) is 5.91 Å². The fraction of sp³-hybridized carbons (Fsp3) is 0.588. The number of hydrogen-bond donors (Lipinski definition) is 1. The molecule has 2 aliphatic rings. The molecule has 0 heterocycles. The Labute approximate surface area is 115 Å². The van der Waals surface area contributed by atoms with Crippen LogP contribution in [0.1, 0.15) is 42.4 Å². The molecule has 2 nitrogen and oxygen atoms in total. The Morgan fingerprint density at radius 3 is 2.74 bits per heavy atom. The first-order valence-electron chi connectivity index (χ1n) is 7.47. The van der Waals surface area contributed by atoms with Gasteiger partial charge < -0.3 is 5.32 Å². The maximum Gasteiger partial charge on any atom is 0.224 e. The molecule has 3 atom stereocenters. The molecule has 3 unspecified atom stereocenters. The molecule has 1 aromatic rings. The summed E-state index contributed by atoms with van der Waals surface area (Å²) < 4.78 is 0. The monoisotopic (exact) mass is 257 g/mol. The zero-order valence-electron chi connectivity index (χ0n) is 11.9. The first-order valence-corrected chi connectivity index (χ1v) is 7.47. The Kier molecular flexibility index (Phi) is 3.34. The van der Waals surface area contributed by atoms with E-state index in [1.807, 2.05) is 0 Å². The highest BCUT2D eigenvalue weighted by Gasteiger charge is 2.39. The quantitative estimate of drug-likeness (QED) is 0.885. The molecule has 1 amide bonds. The largest absolute Gasteiger partial charge is 0.353 e. The minimum Gasteiger partial charge on any atom is -0.353 e. The van der Waals surface area contributed by atoms with Gasteiger partial charge in [0, 0.05) is 6.04 Å². The predicted octanol–water partition coefficient (Wildman–Crippen LogP) is 3.15. The van der Waals surface area contributed by atoms with Crippen molar-refractivity contribution < 1.29 is 4.79 Å². The molecule has 0 aromatic heterocycles. The highest BCUT2D eigenvalue weighted by atomic mass is 16.1. The van der Waals surface area contributed by atoms with Crippen LogP contribution in [0.2, 0.25) is 0 Å². The van der Waals surface area contributed by atoms with Gasteiger partial charge in [0.05, 0.1) is 6.42 Å². The van der Waals surface area contributed by atoms with Crippen LogP contribution >= 0.6 is 0 Å². The summed E-state index contributed by atoms with van der Waals surface area (Å²) in [6, 6.07) is 6.79. The number of aryl methyl sites for hydroxylation is 2. The van der Waals surface area contributed by atoms with Crippen LogP contribution in [0.3, 0.4) is 0 Å². The average Bonchev–Trinajstić information content (AvgIpc) is 2.95. The molecule has 1 N–H and O–H groups in total. The number of fused-ring (bicyclic) bond motifs is 2. The lowest BCUT2D eigenvalue weighted by molar-refractivity contribution is -0.121. The fourth-order valence-electron chi connectivity index (χ4n) is 3.90. The second kappa shape index (κ2) is 4.99. The number of carbonyl (C=O) groups is 1. The molecule has 2 bridgehead atoms. The third-order valence-electron chi connectivity index (χ3n) is 4.93. The van der Waals surface area contributed by atoms with Crippen molar-refractivity contribution in [1.29, 1.82) is 0 Å². The van der Waals surface area contributed by atoms with E-state index >= 15 is 0 Å². The Hall–Kier alpha value is -1.31. The van der Waals surface area contributed by atoms with Gasteiger partial charge in [-0.2, -0.15) is 0 Å². The van der Waals surface area contributed by atoms with Gasteiger partial charge in [-0.3, -0.25) is 4.79 Å². The van der Waals surface area contributed by atoms with E-state index in [4.69, 9.17) is 0 Å². The van der Waals surface area contributed by atoms with Crippen LogP contribution in [0.5, 0.6) is 0 Å². The number of rotatable bonds is 3. The predicted molar refractivity (Wildman–Crippen MR) is 77.0 cm³/mol. The first kappa shape index (κ1) is 12.7. The van der Waals surface area contributed by atoms with Gasteiger partial charge in [0.2, 0.25) is 5.91 Å². The third kappa shape index (κ3) is 2.68. The van der Waals surface area contributed by atoms with Gasteiger partial charge in [0.1, 0.15) is 0 Å². The zero-order chi connectivity index (χ0) is 13.4. The second-order valence-electron chi connectivity index (χ2n) is 6.46. The van der Waals surface area contributed by atoms with Gasteiger partial charge in [0.15, 0.2) is 0 Å². The molecule has 0 spiro atoms. The number of nitrogens with one attached hydrogen (secondary N) is 1. The van der Waals surface area contributed by atoms with Gasteiger partial charge in [-0.25, -0.2) is 0 Å². The summed E-state index contributed by atoms with van der Waals surface area (Å²) in [5, 5.41) is 3.26. The van der Waals surface area contributed by atoms with E-state index in [2.05, 4.69) is 37.4 Å². The van der Waals surface area contributed by atoms with Crippen molar-refractivity contribution in [2.24, 2.45) is 11.8 Å². The Morgan fingerprint density at radius 1 is 1.26 bits per heavy atom. The Bertz CT molecular complexity index is 494. The van der Waals surface area contributed by atoms with Crippen molar-refractivity contribution in [3.05, 3.63) is 34.9 Å². The minimum absolute atomic E-state index is 0.199. The molecule has 0 radical (unpaired) electrons. The Balaban J connectivity index is 1.59. The Morgan fingerprint density at radius 2 is 2.11 bits per heavy atom. The summed E-state index contributed by atoms with van der Waals surface area (Å²) in [5.74, 6) is 1.84. The molecule has 19 heavy (non-hydrogen) atoms. The number of benzene rings is 1. The van der Waals surface area contributed by atoms with Crippen molar-refractivity contribution in [3.63, 3.8) is 0 Å². The highest BCUT2D eigenvalue weighted by Crippen LogP contribution is 2.44. The number of carbonyl (C=O) groups excluding carboxylic acids is 1. The summed E-state index contributed by atoms with van der Waals surface area (Å²) in [6.07, 6.45) is 5.78. The van der Waals surface area contributed by atoms with Gasteiger partial charge in [0.25, 0.3) is 0 Å². The summed E-state index contributed by atoms with van der Waals surface area (Å²) in [6.45, 7) is 4.18. The molecule has 0 saturated heterocycles. The highest BCUT2D eigenvalue weighted by molar-refractivity contribution is 5.79. The maximum atomic E-state index is 12.2. The molecule has 2 aliphatic carbocycles. The van der Waals surface area contributed by atoms with Crippen molar-refractivity contribution in [3.8, 4) is 0 Å². The molecule has 1 aromatic carbocycles. The van der Waals surface area contributed by atoms with E-state index in [0.717, 1.165) is 17.4 Å². The lowest BCUT2D eigenvalue weighted by Gasteiger charge is -2.23. The topological polar surface area (TPSA) is 29.1 Å². The smallest absolute Gasteiger partial charge is 0.224 e. The molecular weight excluding hydrogens is 234 g/mol. The van der Waals surface area contributed by atoms with Crippen LogP contribution in [0, 0.1) is 25.7 Å². The van der Waals surface area contributed by atoms with Crippen LogP contribution in [-0.4, -0.2) is 11.9 Å². The van der Waals surface area contributed by atoms with Gasteiger partial charge in [-0.1, -0.05) is 30.2 Å². The van der Waals surface area contributed by atoms with Crippen molar-refractivity contribution in [1.82, 2.24) is 5.32 Å². The second-order valence-corrected chi connectivity index (χ2v) is 6.46. The standard InChI is InChI=1S/C17H23NO/c1-11-3-5-14(12(2)7-11)10-17(19)18-16-9-13-4-6-15(16)8-13/h3,5,7,13,15-16H,4,6,8-10H2,1-2H3,(H,18,19). The molecule has 102 valence electrons. The van der Waals surface area contributed by atoms with Gasteiger partial charge >= 0.3 is 0 Å². The summed E-state index contributed by atoms with van der Waals surface area (Å²) >= 11 is 0. The van der Waals surface area contributed by atoms with E-state index in [1.54, 1.807) is 0 Å². The van der Waals surface area contributed by atoms with Crippen molar-refractivity contribution in [2.75, 3.05) is 0 Å². The maximum absolute atomic E-state index is 12.2. The third-order valence-corrected chi connectivity index (χ3v) is 4.93. The zero-order valence-corrected chi connectivity index (χ0v) is 11.9. The lowest BCUT2D eigenvalue weighted by atomic mass is 9.95. The molecule has 2 heteroatoms. The number of amides is 1. The molecule has 2 saturated carbocycles. The van der Waals surface area contributed by atoms with Crippen LogP contribution < -0.4 is 5.32 Å².